The van der Waals surface area contributed by atoms with E-state index in [4.69, 9.17) is 13.9 Å². The molecule has 7 nitrogen and oxygen atoms in total. The molecule has 0 saturated carbocycles. The maximum atomic E-state index is 12.4. The Hall–Kier alpha value is -4.39. The molecule has 0 aliphatic heterocycles. The molecule has 166 valence electrons. The minimum absolute atomic E-state index is 0.0865. The fourth-order valence-electron chi connectivity index (χ4n) is 3.19. The normalized spacial score (nSPS) is 10.5. The maximum Gasteiger partial charge on any atom is 0.349 e. The SMILES string of the molecule is O=C(COc1ccccc1)Oc1ccc2cc(C(=O)NCCc3ccccc3)c(=O)oc2c1. The molecule has 33 heavy (non-hydrogen) atoms. The van der Waals surface area contributed by atoms with Crippen molar-refractivity contribution in [2.24, 2.45) is 0 Å². The van der Waals surface area contributed by atoms with Crippen molar-refractivity contribution in [2.75, 3.05) is 13.2 Å². The Kier molecular flexibility index (Phi) is 6.80. The third kappa shape index (κ3) is 5.86. The number of nitrogens with one attached hydrogen (secondary N) is 1. The molecule has 1 N–H and O–H groups in total. The lowest BCUT2D eigenvalue weighted by Crippen LogP contribution is -2.29. The van der Waals surface area contributed by atoms with E-state index < -0.39 is 17.5 Å². The van der Waals surface area contributed by atoms with Crippen LogP contribution >= 0.6 is 0 Å². The van der Waals surface area contributed by atoms with Gasteiger partial charge in [0.1, 0.15) is 22.6 Å². The number of para-hydroxylation sites is 1. The number of hydrogen-bond acceptors (Lipinski definition) is 6. The molecule has 0 aliphatic rings. The molecule has 1 heterocycles. The fraction of sp³-hybridized carbons (Fsp3) is 0.115. The van der Waals surface area contributed by atoms with E-state index in [0.29, 0.717) is 24.1 Å². The van der Waals surface area contributed by atoms with Crippen LogP contribution in [0.1, 0.15) is 15.9 Å². The van der Waals surface area contributed by atoms with Gasteiger partial charge in [0.05, 0.1) is 0 Å². The molecule has 0 spiro atoms. The Bertz CT molecular complexity index is 1320. The summed E-state index contributed by atoms with van der Waals surface area (Å²) in [7, 11) is 0. The minimum atomic E-state index is -0.768. The third-order valence-electron chi connectivity index (χ3n) is 4.83. The van der Waals surface area contributed by atoms with Gasteiger partial charge in [0, 0.05) is 18.0 Å². The molecule has 0 saturated heterocycles. The van der Waals surface area contributed by atoms with Crippen molar-refractivity contribution >= 4 is 22.8 Å². The molecule has 1 amide bonds. The van der Waals surface area contributed by atoms with Crippen molar-refractivity contribution in [3.8, 4) is 11.5 Å². The first-order valence-electron chi connectivity index (χ1n) is 10.4. The molecule has 0 aliphatic carbocycles. The molecular weight excluding hydrogens is 422 g/mol. The zero-order chi connectivity index (χ0) is 23.0. The number of ether oxygens (including phenoxy) is 2. The number of fused-ring (bicyclic) bond motifs is 1. The van der Waals surface area contributed by atoms with E-state index in [9.17, 15) is 14.4 Å². The van der Waals surface area contributed by atoms with Crippen LogP contribution in [0.2, 0.25) is 0 Å². The third-order valence-corrected chi connectivity index (χ3v) is 4.83. The summed E-state index contributed by atoms with van der Waals surface area (Å²) in [5.41, 5.74) is 0.432. The van der Waals surface area contributed by atoms with E-state index in [1.807, 2.05) is 36.4 Å². The van der Waals surface area contributed by atoms with Gasteiger partial charge in [-0.05, 0) is 42.3 Å². The van der Waals surface area contributed by atoms with Gasteiger partial charge in [-0.1, -0.05) is 48.5 Å². The van der Waals surface area contributed by atoms with Gasteiger partial charge in [-0.25, -0.2) is 9.59 Å². The number of esters is 1. The van der Waals surface area contributed by atoms with E-state index in [-0.39, 0.29) is 23.5 Å². The molecule has 0 atom stereocenters. The summed E-state index contributed by atoms with van der Waals surface area (Å²) in [4.78, 5) is 36.8. The van der Waals surface area contributed by atoms with Crippen LogP contribution in [0.5, 0.6) is 11.5 Å². The van der Waals surface area contributed by atoms with Gasteiger partial charge in [0.15, 0.2) is 6.61 Å². The smallest absolute Gasteiger partial charge is 0.349 e. The Morgan fingerprint density at radius 2 is 1.58 bits per heavy atom. The average molecular weight is 443 g/mol. The zero-order valence-corrected chi connectivity index (χ0v) is 17.7. The van der Waals surface area contributed by atoms with Crippen molar-refractivity contribution in [3.63, 3.8) is 0 Å². The summed E-state index contributed by atoms with van der Waals surface area (Å²) in [6.07, 6.45) is 0.647. The summed E-state index contributed by atoms with van der Waals surface area (Å²) in [6, 6.07) is 24.7. The summed E-state index contributed by atoms with van der Waals surface area (Å²) in [5.74, 6) is -0.356. The summed E-state index contributed by atoms with van der Waals surface area (Å²) < 4.78 is 15.9. The van der Waals surface area contributed by atoms with Crippen LogP contribution in [0.3, 0.4) is 0 Å². The van der Waals surface area contributed by atoms with Gasteiger partial charge in [-0.2, -0.15) is 0 Å². The van der Waals surface area contributed by atoms with E-state index in [1.54, 1.807) is 36.4 Å². The molecule has 0 bridgehead atoms. The highest BCUT2D eigenvalue weighted by Gasteiger charge is 2.15. The van der Waals surface area contributed by atoms with E-state index in [0.717, 1.165) is 5.56 Å². The van der Waals surface area contributed by atoms with Gasteiger partial charge in [-0.15, -0.1) is 0 Å². The first-order valence-corrected chi connectivity index (χ1v) is 10.4. The minimum Gasteiger partial charge on any atom is -0.482 e. The first-order chi connectivity index (χ1) is 16.1. The summed E-state index contributed by atoms with van der Waals surface area (Å²) in [6.45, 7) is 0.119. The zero-order valence-electron chi connectivity index (χ0n) is 17.7. The van der Waals surface area contributed by atoms with Crippen molar-refractivity contribution < 1.29 is 23.5 Å². The molecule has 1 aromatic heterocycles. The predicted octanol–water partition coefficient (Wildman–Crippen LogP) is 3.75. The number of amides is 1. The van der Waals surface area contributed by atoms with E-state index >= 15 is 0 Å². The van der Waals surface area contributed by atoms with Crippen LogP contribution in [0, 0.1) is 0 Å². The van der Waals surface area contributed by atoms with Crippen molar-refractivity contribution in [2.45, 2.75) is 6.42 Å². The standard InChI is InChI=1S/C26H21NO6/c28-24(17-31-20-9-5-2-6-10-20)32-21-12-11-19-15-22(26(30)33-23(19)16-21)25(29)27-14-13-18-7-3-1-4-8-18/h1-12,15-16H,13-14,17H2,(H,27,29). The highest BCUT2D eigenvalue weighted by molar-refractivity contribution is 5.96. The van der Waals surface area contributed by atoms with Crippen molar-refractivity contribution in [3.05, 3.63) is 106 Å². The Labute approximate surface area is 189 Å². The van der Waals surface area contributed by atoms with Crippen LogP contribution < -0.4 is 20.4 Å². The highest BCUT2D eigenvalue weighted by Crippen LogP contribution is 2.21. The Morgan fingerprint density at radius 3 is 2.33 bits per heavy atom. The second-order valence-electron chi connectivity index (χ2n) is 7.21. The van der Waals surface area contributed by atoms with Gasteiger partial charge < -0.3 is 19.2 Å². The van der Waals surface area contributed by atoms with Gasteiger partial charge in [0.25, 0.3) is 5.91 Å². The lowest BCUT2D eigenvalue weighted by molar-refractivity contribution is -0.136. The van der Waals surface area contributed by atoms with Gasteiger partial charge >= 0.3 is 11.6 Å². The van der Waals surface area contributed by atoms with Crippen molar-refractivity contribution in [1.82, 2.24) is 5.32 Å². The summed E-state index contributed by atoms with van der Waals surface area (Å²) in [5, 5.41) is 3.27. The number of carbonyl (C=O) groups is 2. The Morgan fingerprint density at radius 1 is 0.848 bits per heavy atom. The highest BCUT2D eigenvalue weighted by atomic mass is 16.6. The quantitative estimate of drug-likeness (QED) is 0.253. The molecule has 3 aromatic carbocycles. The lowest BCUT2D eigenvalue weighted by atomic mass is 10.1. The van der Waals surface area contributed by atoms with Crippen LogP contribution in [0.25, 0.3) is 11.0 Å². The number of rotatable bonds is 8. The predicted molar refractivity (Wildman–Crippen MR) is 123 cm³/mol. The number of carbonyl (C=O) groups excluding carboxylic acids is 2. The molecule has 0 unspecified atom stereocenters. The topological polar surface area (TPSA) is 94.8 Å². The fourth-order valence-corrected chi connectivity index (χ4v) is 3.19. The lowest BCUT2D eigenvalue weighted by Gasteiger charge is -2.08. The molecular formula is C26H21NO6. The maximum absolute atomic E-state index is 12.4. The van der Waals surface area contributed by atoms with Crippen molar-refractivity contribution in [1.29, 1.82) is 0 Å². The molecule has 7 heteroatoms. The van der Waals surface area contributed by atoms with Gasteiger partial charge in [0.2, 0.25) is 0 Å². The number of benzene rings is 3. The molecule has 0 radical (unpaired) electrons. The van der Waals surface area contributed by atoms with Crippen LogP contribution in [0.15, 0.2) is 94.1 Å². The summed E-state index contributed by atoms with van der Waals surface area (Å²) >= 11 is 0. The largest absolute Gasteiger partial charge is 0.482 e. The molecule has 0 fully saturated rings. The first kappa shape index (κ1) is 21.8. The molecule has 4 aromatic rings. The van der Waals surface area contributed by atoms with Crippen LogP contribution in [-0.2, 0) is 11.2 Å². The van der Waals surface area contributed by atoms with Crippen LogP contribution in [0.4, 0.5) is 0 Å². The monoisotopic (exact) mass is 443 g/mol. The van der Waals surface area contributed by atoms with Gasteiger partial charge in [-0.3, -0.25) is 4.79 Å². The van der Waals surface area contributed by atoms with Crippen LogP contribution in [-0.4, -0.2) is 25.0 Å². The van der Waals surface area contributed by atoms with E-state index in [1.165, 1.54) is 12.1 Å². The molecule has 4 rings (SSSR count). The number of hydrogen-bond donors (Lipinski definition) is 1. The van der Waals surface area contributed by atoms with E-state index in [2.05, 4.69) is 5.32 Å². The second kappa shape index (κ2) is 10.3. The second-order valence-corrected chi connectivity index (χ2v) is 7.21. The Balaban J connectivity index is 1.38. The average Bonchev–Trinajstić information content (AvgIpc) is 2.83.